The number of anilines is 3. The second kappa shape index (κ2) is 12.1. The summed E-state index contributed by atoms with van der Waals surface area (Å²) in [6.07, 6.45) is 0. The molecule has 8 aromatic rings. The van der Waals surface area contributed by atoms with Crippen LogP contribution in [0.25, 0.3) is 55.3 Å². The molecule has 1 nitrogen and oxygen atoms in total. The van der Waals surface area contributed by atoms with Crippen molar-refractivity contribution in [3.63, 3.8) is 0 Å². The first-order valence-corrected chi connectivity index (χ1v) is 17.4. The Hall–Kier alpha value is -6.18. The predicted octanol–water partition coefficient (Wildman–Crippen LogP) is 13.6. The molecule has 9 rings (SSSR count). The summed E-state index contributed by atoms with van der Waals surface area (Å²) in [5.41, 5.74) is 16.0. The molecular weight excluding hydrogens is 603 g/mol. The normalized spacial score (nSPS) is 12.8. The van der Waals surface area contributed by atoms with Crippen molar-refractivity contribution in [1.29, 1.82) is 0 Å². The standard InChI is InChI=1S/C49H37N/c1-49(2)44-25-12-11-23-42(44)43-24-14-26-46(48(43)49)50(45-32-29-36-17-9-10-22-41(36)47(45)37-18-7-4-8-19-37)40-30-27-35(28-31-40)39-21-13-20-38(33-39)34-15-5-3-6-16-34/h3-33H,1-2H3. The average molecular weight is 640 g/mol. The third kappa shape index (κ3) is 4.94. The van der Waals surface area contributed by atoms with Gasteiger partial charge in [-0.05, 0) is 91.2 Å². The Morgan fingerprint density at radius 3 is 1.74 bits per heavy atom. The molecule has 238 valence electrons. The van der Waals surface area contributed by atoms with Crippen LogP contribution < -0.4 is 4.90 Å². The van der Waals surface area contributed by atoms with Gasteiger partial charge in [0, 0.05) is 16.7 Å². The lowest BCUT2D eigenvalue weighted by Gasteiger charge is -2.34. The molecule has 50 heavy (non-hydrogen) atoms. The lowest BCUT2D eigenvalue weighted by atomic mass is 9.81. The topological polar surface area (TPSA) is 3.24 Å². The second-order valence-electron chi connectivity index (χ2n) is 13.7. The number of hydrogen-bond donors (Lipinski definition) is 0. The molecule has 0 spiro atoms. The molecule has 0 N–H and O–H groups in total. The number of benzene rings is 8. The molecule has 0 aromatic heterocycles. The van der Waals surface area contributed by atoms with E-state index in [2.05, 4.69) is 207 Å². The van der Waals surface area contributed by atoms with E-state index in [1.54, 1.807) is 0 Å². The van der Waals surface area contributed by atoms with E-state index >= 15 is 0 Å². The Kier molecular flexibility index (Phi) is 7.21. The van der Waals surface area contributed by atoms with Crippen molar-refractivity contribution in [3.8, 4) is 44.5 Å². The molecule has 0 aliphatic heterocycles. The summed E-state index contributed by atoms with van der Waals surface area (Å²) < 4.78 is 0. The van der Waals surface area contributed by atoms with E-state index in [0.29, 0.717) is 0 Å². The van der Waals surface area contributed by atoms with Crippen LogP contribution in [0, 0.1) is 0 Å². The predicted molar refractivity (Wildman–Crippen MR) is 213 cm³/mol. The molecule has 8 aromatic carbocycles. The van der Waals surface area contributed by atoms with Crippen molar-refractivity contribution in [1.82, 2.24) is 0 Å². The Morgan fingerprint density at radius 1 is 0.400 bits per heavy atom. The first-order valence-electron chi connectivity index (χ1n) is 17.4. The van der Waals surface area contributed by atoms with Crippen molar-refractivity contribution in [3.05, 3.63) is 199 Å². The minimum absolute atomic E-state index is 0.178. The van der Waals surface area contributed by atoms with Gasteiger partial charge in [-0.3, -0.25) is 0 Å². The molecule has 0 saturated carbocycles. The van der Waals surface area contributed by atoms with Crippen LogP contribution in [-0.2, 0) is 5.41 Å². The SMILES string of the molecule is CC1(C)c2ccccc2-c2cccc(N(c3ccc(-c4cccc(-c5ccccc5)c4)cc3)c3ccc4ccccc4c3-c3ccccc3)c21. The van der Waals surface area contributed by atoms with E-state index in [9.17, 15) is 0 Å². The molecule has 1 aliphatic rings. The van der Waals surface area contributed by atoms with Crippen LogP contribution in [0.1, 0.15) is 25.0 Å². The van der Waals surface area contributed by atoms with Crippen LogP contribution in [0.5, 0.6) is 0 Å². The minimum atomic E-state index is -0.178. The molecule has 0 saturated heterocycles. The van der Waals surface area contributed by atoms with E-state index in [1.165, 1.54) is 72.1 Å². The quantitative estimate of drug-likeness (QED) is 0.175. The molecule has 1 heteroatoms. The van der Waals surface area contributed by atoms with Crippen LogP contribution in [0.15, 0.2) is 188 Å². The molecule has 0 atom stereocenters. The second-order valence-corrected chi connectivity index (χ2v) is 13.7. The molecule has 0 heterocycles. The van der Waals surface area contributed by atoms with Crippen molar-refractivity contribution >= 4 is 27.8 Å². The maximum atomic E-state index is 2.51. The van der Waals surface area contributed by atoms with E-state index in [1.807, 2.05) is 0 Å². The zero-order valence-corrected chi connectivity index (χ0v) is 28.3. The zero-order chi connectivity index (χ0) is 33.7. The maximum Gasteiger partial charge on any atom is 0.0546 e. The first-order chi connectivity index (χ1) is 24.6. The summed E-state index contributed by atoms with van der Waals surface area (Å²) in [7, 11) is 0. The largest absolute Gasteiger partial charge is 0.310 e. The Labute approximate surface area is 294 Å². The van der Waals surface area contributed by atoms with Gasteiger partial charge in [0.25, 0.3) is 0 Å². The number of fused-ring (bicyclic) bond motifs is 4. The average Bonchev–Trinajstić information content (AvgIpc) is 3.42. The highest BCUT2D eigenvalue weighted by Gasteiger charge is 2.39. The van der Waals surface area contributed by atoms with E-state index in [0.717, 1.165) is 11.4 Å². The molecule has 0 radical (unpaired) electrons. The minimum Gasteiger partial charge on any atom is -0.310 e. The van der Waals surface area contributed by atoms with Crippen LogP contribution in [0.3, 0.4) is 0 Å². The van der Waals surface area contributed by atoms with Crippen molar-refractivity contribution < 1.29 is 0 Å². The lowest BCUT2D eigenvalue weighted by molar-refractivity contribution is 0.661. The van der Waals surface area contributed by atoms with Gasteiger partial charge in [-0.25, -0.2) is 0 Å². The van der Waals surface area contributed by atoms with Gasteiger partial charge >= 0.3 is 0 Å². The van der Waals surface area contributed by atoms with Gasteiger partial charge in [0.1, 0.15) is 0 Å². The fourth-order valence-corrected chi connectivity index (χ4v) is 8.08. The Bertz CT molecular complexity index is 2490. The van der Waals surface area contributed by atoms with E-state index in [-0.39, 0.29) is 5.41 Å². The van der Waals surface area contributed by atoms with Crippen molar-refractivity contribution in [2.75, 3.05) is 4.90 Å². The molecular formula is C49H37N. The maximum absolute atomic E-state index is 2.51. The first kappa shape index (κ1) is 29.9. The summed E-state index contributed by atoms with van der Waals surface area (Å²) in [6.45, 7) is 4.75. The van der Waals surface area contributed by atoms with Gasteiger partial charge in [0.15, 0.2) is 0 Å². The molecule has 1 aliphatic carbocycles. The highest BCUT2D eigenvalue weighted by atomic mass is 15.1. The lowest BCUT2D eigenvalue weighted by Crippen LogP contribution is -2.21. The van der Waals surface area contributed by atoms with Gasteiger partial charge in [-0.15, -0.1) is 0 Å². The van der Waals surface area contributed by atoms with Crippen molar-refractivity contribution in [2.24, 2.45) is 0 Å². The third-order valence-electron chi connectivity index (χ3n) is 10.4. The molecule has 0 bridgehead atoms. The highest BCUT2D eigenvalue weighted by molar-refractivity contribution is 6.06. The van der Waals surface area contributed by atoms with Gasteiger partial charge in [-0.2, -0.15) is 0 Å². The van der Waals surface area contributed by atoms with Crippen molar-refractivity contribution in [2.45, 2.75) is 19.3 Å². The Balaban J connectivity index is 1.27. The van der Waals surface area contributed by atoms with E-state index in [4.69, 9.17) is 0 Å². The zero-order valence-electron chi connectivity index (χ0n) is 28.3. The fraction of sp³-hybridized carbons (Fsp3) is 0.0612. The smallest absolute Gasteiger partial charge is 0.0546 e. The molecule has 0 amide bonds. The number of hydrogen-bond acceptors (Lipinski definition) is 1. The number of nitrogens with zero attached hydrogens (tertiary/aromatic N) is 1. The summed E-state index contributed by atoms with van der Waals surface area (Å²) in [4.78, 5) is 2.51. The van der Waals surface area contributed by atoms with E-state index < -0.39 is 0 Å². The summed E-state index contributed by atoms with van der Waals surface area (Å²) in [5.74, 6) is 0. The summed E-state index contributed by atoms with van der Waals surface area (Å²) in [5, 5.41) is 2.47. The van der Waals surface area contributed by atoms with Crippen LogP contribution in [0.4, 0.5) is 17.1 Å². The summed E-state index contributed by atoms with van der Waals surface area (Å²) >= 11 is 0. The Morgan fingerprint density at radius 2 is 0.980 bits per heavy atom. The third-order valence-corrected chi connectivity index (χ3v) is 10.4. The fourth-order valence-electron chi connectivity index (χ4n) is 8.08. The molecule has 0 unspecified atom stereocenters. The van der Waals surface area contributed by atoms with Gasteiger partial charge in [0.2, 0.25) is 0 Å². The van der Waals surface area contributed by atoms with Gasteiger partial charge < -0.3 is 4.90 Å². The highest BCUT2D eigenvalue weighted by Crippen LogP contribution is 2.55. The van der Waals surface area contributed by atoms with Gasteiger partial charge in [-0.1, -0.05) is 172 Å². The van der Waals surface area contributed by atoms with Crippen LogP contribution in [0.2, 0.25) is 0 Å². The number of rotatable bonds is 6. The van der Waals surface area contributed by atoms with Crippen LogP contribution in [-0.4, -0.2) is 0 Å². The monoisotopic (exact) mass is 639 g/mol. The molecule has 0 fully saturated rings. The summed E-state index contributed by atoms with van der Waals surface area (Å²) in [6, 6.07) is 68.6. The van der Waals surface area contributed by atoms with Gasteiger partial charge in [0.05, 0.1) is 11.4 Å². The van der Waals surface area contributed by atoms with Crippen LogP contribution >= 0.6 is 0 Å².